The standard InChI is InChI=1S/C16H25ClN2O2/c1-11(2)19-9-13(17)7-14(19)15(20)18-10-16(21)6-4-5-12(3)8-16/h7,9,11-12,21H,4-6,8,10H2,1-3H3,(H,18,20). The summed E-state index contributed by atoms with van der Waals surface area (Å²) in [5.74, 6) is 0.330. The maximum atomic E-state index is 12.3. The topological polar surface area (TPSA) is 54.3 Å². The van der Waals surface area contributed by atoms with Crippen LogP contribution in [0.25, 0.3) is 0 Å². The molecule has 0 radical (unpaired) electrons. The molecule has 1 amide bonds. The molecule has 4 nitrogen and oxygen atoms in total. The number of nitrogens with zero attached hydrogens (tertiary/aromatic N) is 1. The van der Waals surface area contributed by atoms with E-state index in [0.717, 1.165) is 25.7 Å². The summed E-state index contributed by atoms with van der Waals surface area (Å²) < 4.78 is 1.85. The van der Waals surface area contributed by atoms with Crippen molar-refractivity contribution in [1.82, 2.24) is 9.88 Å². The molecule has 2 rings (SSSR count). The predicted molar refractivity (Wildman–Crippen MR) is 84.7 cm³/mol. The van der Waals surface area contributed by atoms with Gasteiger partial charge >= 0.3 is 0 Å². The van der Waals surface area contributed by atoms with Crippen molar-refractivity contribution >= 4 is 17.5 Å². The van der Waals surface area contributed by atoms with Crippen molar-refractivity contribution in [3.05, 3.63) is 23.0 Å². The highest BCUT2D eigenvalue weighted by Crippen LogP contribution is 2.31. The van der Waals surface area contributed by atoms with Crippen molar-refractivity contribution in [2.75, 3.05) is 6.54 Å². The molecule has 2 atom stereocenters. The minimum atomic E-state index is -0.771. The van der Waals surface area contributed by atoms with Gasteiger partial charge in [-0.05, 0) is 38.7 Å². The fraction of sp³-hybridized carbons (Fsp3) is 0.688. The monoisotopic (exact) mass is 312 g/mol. The van der Waals surface area contributed by atoms with Crippen LogP contribution in [0.3, 0.4) is 0 Å². The summed E-state index contributed by atoms with van der Waals surface area (Å²) in [6, 6.07) is 1.83. The van der Waals surface area contributed by atoms with Crippen molar-refractivity contribution in [2.24, 2.45) is 5.92 Å². The van der Waals surface area contributed by atoms with Crippen LogP contribution in [0.15, 0.2) is 12.3 Å². The van der Waals surface area contributed by atoms with Gasteiger partial charge in [0.2, 0.25) is 0 Å². The fourth-order valence-electron chi connectivity index (χ4n) is 3.18. The molecule has 0 saturated heterocycles. The van der Waals surface area contributed by atoms with E-state index in [9.17, 15) is 9.90 Å². The predicted octanol–water partition coefficient (Wildman–Crippen LogP) is 3.39. The van der Waals surface area contributed by atoms with E-state index >= 15 is 0 Å². The lowest BCUT2D eigenvalue weighted by Gasteiger charge is -2.35. The molecule has 0 aromatic carbocycles. The van der Waals surface area contributed by atoms with Gasteiger partial charge < -0.3 is 15.0 Å². The molecule has 2 unspecified atom stereocenters. The van der Waals surface area contributed by atoms with E-state index < -0.39 is 5.60 Å². The number of hydrogen-bond acceptors (Lipinski definition) is 2. The Kier molecular flexibility index (Phi) is 4.99. The van der Waals surface area contributed by atoms with Crippen LogP contribution in [-0.4, -0.2) is 27.7 Å². The van der Waals surface area contributed by atoms with Gasteiger partial charge in [0.1, 0.15) is 5.69 Å². The Morgan fingerprint density at radius 3 is 2.95 bits per heavy atom. The van der Waals surface area contributed by atoms with Crippen LogP contribution in [0.1, 0.15) is 63.0 Å². The van der Waals surface area contributed by atoms with Crippen LogP contribution in [0, 0.1) is 5.92 Å². The largest absolute Gasteiger partial charge is 0.388 e. The molecular weight excluding hydrogens is 288 g/mol. The number of nitrogens with one attached hydrogen (secondary N) is 1. The highest BCUT2D eigenvalue weighted by Gasteiger charge is 2.33. The number of halogens is 1. The third-order valence-electron chi connectivity index (χ3n) is 4.25. The molecule has 1 aliphatic carbocycles. The van der Waals surface area contributed by atoms with Gasteiger partial charge in [0.15, 0.2) is 0 Å². The van der Waals surface area contributed by atoms with Crippen LogP contribution in [0.4, 0.5) is 0 Å². The lowest BCUT2D eigenvalue weighted by Crippen LogP contribution is -2.46. The van der Waals surface area contributed by atoms with E-state index in [-0.39, 0.29) is 11.9 Å². The third kappa shape index (κ3) is 4.01. The fourth-order valence-corrected chi connectivity index (χ4v) is 3.39. The number of aromatic nitrogens is 1. The Morgan fingerprint density at radius 1 is 1.62 bits per heavy atom. The van der Waals surface area contributed by atoms with E-state index in [1.807, 2.05) is 18.4 Å². The quantitative estimate of drug-likeness (QED) is 0.895. The molecule has 1 aromatic heterocycles. The summed E-state index contributed by atoms with van der Waals surface area (Å²) >= 11 is 6.00. The van der Waals surface area contributed by atoms with Gasteiger partial charge in [-0.3, -0.25) is 4.79 Å². The molecule has 5 heteroatoms. The van der Waals surface area contributed by atoms with Gasteiger partial charge in [0.25, 0.3) is 5.91 Å². The van der Waals surface area contributed by atoms with Gasteiger partial charge in [0, 0.05) is 18.8 Å². The molecule has 2 N–H and O–H groups in total. The van der Waals surface area contributed by atoms with Crippen molar-refractivity contribution in [1.29, 1.82) is 0 Å². The van der Waals surface area contributed by atoms with Gasteiger partial charge in [-0.25, -0.2) is 0 Å². The number of carbonyl (C=O) groups excluding carboxylic acids is 1. The second-order valence-electron chi connectivity index (χ2n) is 6.65. The molecule has 1 aliphatic rings. The molecule has 0 spiro atoms. The van der Waals surface area contributed by atoms with Crippen molar-refractivity contribution in [3.8, 4) is 0 Å². The van der Waals surface area contributed by atoms with Gasteiger partial charge in [0.05, 0.1) is 10.6 Å². The van der Waals surface area contributed by atoms with Crippen molar-refractivity contribution < 1.29 is 9.90 Å². The molecule has 1 aromatic rings. The van der Waals surface area contributed by atoms with Gasteiger partial charge in [-0.1, -0.05) is 31.4 Å². The van der Waals surface area contributed by atoms with Gasteiger partial charge in [-0.2, -0.15) is 0 Å². The molecular formula is C16H25ClN2O2. The molecule has 0 bridgehead atoms. The zero-order valence-electron chi connectivity index (χ0n) is 13.0. The van der Waals surface area contributed by atoms with Crippen LogP contribution in [-0.2, 0) is 0 Å². The SMILES string of the molecule is CC1CCCC(O)(CNC(=O)c2cc(Cl)cn2C(C)C)C1. The van der Waals surface area contributed by atoms with E-state index in [0.29, 0.717) is 23.2 Å². The first-order valence-electron chi connectivity index (χ1n) is 7.69. The molecule has 1 saturated carbocycles. The van der Waals surface area contributed by atoms with Crippen LogP contribution >= 0.6 is 11.6 Å². The van der Waals surface area contributed by atoms with Crippen molar-refractivity contribution in [2.45, 2.75) is 58.1 Å². The zero-order valence-corrected chi connectivity index (χ0v) is 13.8. The molecule has 1 fully saturated rings. The Bertz CT molecular complexity index is 512. The van der Waals surface area contributed by atoms with E-state index in [1.165, 1.54) is 0 Å². The minimum absolute atomic E-state index is 0.163. The normalized spacial score (nSPS) is 26.1. The number of rotatable bonds is 4. The molecule has 21 heavy (non-hydrogen) atoms. The van der Waals surface area contributed by atoms with Gasteiger partial charge in [-0.15, -0.1) is 0 Å². The Hall–Kier alpha value is -1.00. The van der Waals surface area contributed by atoms with E-state index in [4.69, 9.17) is 11.6 Å². The lowest BCUT2D eigenvalue weighted by atomic mass is 9.79. The average molecular weight is 313 g/mol. The van der Waals surface area contributed by atoms with Crippen molar-refractivity contribution in [3.63, 3.8) is 0 Å². The average Bonchev–Trinajstić information content (AvgIpc) is 2.78. The number of hydrogen-bond donors (Lipinski definition) is 2. The first-order valence-corrected chi connectivity index (χ1v) is 8.06. The first kappa shape index (κ1) is 16.4. The molecule has 0 aliphatic heterocycles. The summed E-state index contributed by atoms with van der Waals surface area (Å²) in [6.45, 7) is 6.46. The van der Waals surface area contributed by atoms with E-state index in [1.54, 1.807) is 12.3 Å². The van der Waals surface area contributed by atoms with E-state index in [2.05, 4.69) is 12.2 Å². The lowest BCUT2D eigenvalue weighted by molar-refractivity contribution is -0.0110. The summed E-state index contributed by atoms with van der Waals surface area (Å²) in [4.78, 5) is 12.3. The Labute approximate surface area is 131 Å². The smallest absolute Gasteiger partial charge is 0.268 e. The molecule has 118 valence electrons. The highest BCUT2D eigenvalue weighted by molar-refractivity contribution is 6.31. The van der Waals surface area contributed by atoms with Crippen LogP contribution in [0.2, 0.25) is 5.02 Å². The second kappa shape index (κ2) is 6.41. The first-order chi connectivity index (χ1) is 9.81. The third-order valence-corrected chi connectivity index (χ3v) is 4.46. The summed E-state index contributed by atoms with van der Waals surface area (Å²) in [6.07, 6.45) is 5.44. The Morgan fingerprint density at radius 2 is 2.33 bits per heavy atom. The number of amides is 1. The number of carbonyl (C=O) groups is 1. The van der Waals surface area contributed by atoms with Crippen LogP contribution < -0.4 is 5.32 Å². The van der Waals surface area contributed by atoms with Crippen LogP contribution in [0.5, 0.6) is 0 Å². The maximum Gasteiger partial charge on any atom is 0.268 e. The summed E-state index contributed by atoms with van der Waals surface area (Å²) in [5, 5.41) is 14.0. The zero-order chi connectivity index (χ0) is 15.6. The Balaban J connectivity index is 2.02. The minimum Gasteiger partial charge on any atom is -0.388 e. The summed E-state index contributed by atoms with van der Waals surface area (Å²) in [5.41, 5.74) is -0.228. The number of aliphatic hydroxyl groups is 1. The summed E-state index contributed by atoms with van der Waals surface area (Å²) in [7, 11) is 0. The molecule has 1 heterocycles. The highest BCUT2D eigenvalue weighted by atomic mass is 35.5. The second-order valence-corrected chi connectivity index (χ2v) is 7.09. The maximum absolute atomic E-state index is 12.3.